The SMILES string of the molecule is CO[Si](C)(OCC1CCC1)C1CCCCC1. The first kappa shape index (κ1) is 12.6. The van der Waals surface area contributed by atoms with Gasteiger partial charge in [0.1, 0.15) is 0 Å². The Kier molecular flexibility index (Phi) is 4.45. The summed E-state index contributed by atoms with van der Waals surface area (Å²) in [7, 11) is -0.00499. The quantitative estimate of drug-likeness (QED) is 0.682. The van der Waals surface area contributed by atoms with E-state index < -0.39 is 8.56 Å². The normalized spacial score (nSPS) is 27.4. The summed E-state index contributed by atoms with van der Waals surface area (Å²) in [6, 6.07) is 0. The largest absolute Gasteiger partial charge is 0.398 e. The van der Waals surface area contributed by atoms with Crippen molar-refractivity contribution in [2.75, 3.05) is 13.7 Å². The Morgan fingerprint density at radius 2 is 1.69 bits per heavy atom. The van der Waals surface area contributed by atoms with E-state index in [1.807, 2.05) is 7.11 Å². The Hall–Kier alpha value is 0.137. The molecule has 0 aromatic carbocycles. The van der Waals surface area contributed by atoms with E-state index in [0.717, 1.165) is 18.1 Å². The molecule has 94 valence electrons. The highest BCUT2D eigenvalue weighted by Gasteiger charge is 2.41. The van der Waals surface area contributed by atoms with E-state index >= 15 is 0 Å². The number of hydrogen-bond donors (Lipinski definition) is 0. The van der Waals surface area contributed by atoms with Crippen molar-refractivity contribution in [3.05, 3.63) is 0 Å². The highest BCUT2D eigenvalue weighted by molar-refractivity contribution is 6.67. The van der Waals surface area contributed by atoms with Crippen LogP contribution >= 0.6 is 0 Å². The first-order chi connectivity index (χ1) is 7.74. The molecule has 0 aromatic heterocycles. The van der Waals surface area contributed by atoms with Crippen molar-refractivity contribution in [3.8, 4) is 0 Å². The molecule has 2 fully saturated rings. The van der Waals surface area contributed by atoms with Crippen LogP contribution in [0.5, 0.6) is 0 Å². The first-order valence-corrected chi connectivity index (χ1v) is 9.33. The predicted octanol–water partition coefficient (Wildman–Crippen LogP) is 3.86. The monoisotopic (exact) mass is 242 g/mol. The maximum atomic E-state index is 6.24. The van der Waals surface area contributed by atoms with Crippen molar-refractivity contribution < 1.29 is 8.85 Å². The minimum absolute atomic E-state index is 0.742. The van der Waals surface area contributed by atoms with Gasteiger partial charge in [0.2, 0.25) is 0 Å². The molecule has 0 amide bonds. The predicted molar refractivity (Wildman–Crippen MR) is 68.8 cm³/mol. The van der Waals surface area contributed by atoms with E-state index in [4.69, 9.17) is 8.85 Å². The van der Waals surface area contributed by atoms with Crippen LogP contribution in [0, 0.1) is 5.92 Å². The Balaban J connectivity index is 1.83. The lowest BCUT2D eigenvalue weighted by atomic mass is 9.86. The average Bonchev–Trinajstić information content (AvgIpc) is 2.28. The lowest BCUT2D eigenvalue weighted by Crippen LogP contribution is -2.45. The molecule has 0 aromatic rings. The second-order valence-corrected chi connectivity index (χ2v) is 9.21. The van der Waals surface area contributed by atoms with Gasteiger partial charge in [-0.05, 0) is 38.1 Å². The van der Waals surface area contributed by atoms with Gasteiger partial charge < -0.3 is 8.85 Å². The van der Waals surface area contributed by atoms with Crippen LogP contribution in [0.25, 0.3) is 0 Å². The van der Waals surface area contributed by atoms with Crippen LogP contribution in [0.2, 0.25) is 12.1 Å². The minimum Gasteiger partial charge on any atom is -0.398 e. The molecule has 0 spiro atoms. The molecule has 3 heteroatoms. The van der Waals surface area contributed by atoms with E-state index in [9.17, 15) is 0 Å². The maximum absolute atomic E-state index is 6.24. The van der Waals surface area contributed by atoms with E-state index in [1.165, 1.54) is 51.4 Å². The van der Waals surface area contributed by atoms with Crippen molar-refractivity contribution in [1.29, 1.82) is 0 Å². The van der Waals surface area contributed by atoms with Gasteiger partial charge in [0.25, 0.3) is 0 Å². The van der Waals surface area contributed by atoms with Gasteiger partial charge in [0.05, 0.1) is 0 Å². The molecular formula is C13H26O2Si. The van der Waals surface area contributed by atoms with Gasteiger partial charge in [-0.25, -0.2) is 0 Å². The highest BCUT2D eigenvalue weighted by atomic mass is 28.4. The summed E-state index contributed by atoms with van der Waals surface area (Å²) in [6.07, 6.45) is 11.0. The Morgan fingerprint density at radius 1 is 1.00 bits per heavy atom. The molecule has 0 heterocycles. The number of rotatable bonds is 5. The molecule has 0 N–H and O–H groups in total. The summed E-state index contributed by atoms with van der Waals surface area (Å²) in [5.41, 5.74) is 0.742. The summed E-state index contributed by atoms with van der Waals surface area (Å²) in [6.45, 7) is 3.24. The van der Waals surface area contributed by atoms with Crippen molar-refractivity contribution in [2.24, 2.45) is 5.92 Å². The third-order valence-corrected chi connectivity index (χ3v) is 8.19. The van der Waals surface area contributed by atoms with E-state index in [2.05, 4.69) is 6.55 Å². The molecule has 2 rings (SSSR count). The summed E-state index contributed by atoms with van der Waals surface area (Å²) >= 11 is 0. The average molecular weight is 242 g/mol. The van der Waals surface area contributed by atoms with E-state index in [1.54, 1.807) is 0 Å². The first-order valence-electron chi connectivity index (χ1n) is 6.94. The smallest absolute Gasteiger partial charge is 0.337 e. The van der Waals surface area contributed by atoms with Crippen LogP contribution < -0.4 is 0 Å². The lowest BCUT2D eigenvalue weighted by Gasteiger charge is -2.37. The zero-order valence-electron chi connectivity index (χ0n) is 10.8. The van der Waals surface area contributed by atoms with Crippen molar-refractivity contribution in [2.45, 2.75) is 63.5 Å². The molecule has 1 unspecified atom stereocenters. The van der Waals surface area contributed by atoms with Crippen LogP contribution in [0.1, 0.15) is 51.4 Å². The fourth-order valence-corrected chi connectivity index (χ4v) is 5.62. The Bertz CT molecular complexity index is 212. The topological polar surface area (TPSA) is 18.5 Å². The third-order valence-electron chi connectivity index (χ3n) is 4.58. The molecule has 2 aliphatic carbocycles. The van der Waals surface area contributed by atoms with Gasteiger partial charge in [-0.15, -0.1) is 0 Å². The summed E-state index contributed by atoms with van der Waals surface area (Å²) in [5.74, 6) is 0.838. The summed E-state index contributed by atoms with van der Waals surface area (Å²) in [5, 5.41) is 0. The van der Waals surface area contributed by atoms with Crippen LogP contribution in [0.4, 0.5) is 0 Å². The molecule has 1 atom stereocenters. The Morgan fingerprint density at radius 3 is 2.19 bits per heavy atom. The molecule has 16 heavy (non-hydrogen) atoms. The summed E-state index contributed by atoms with van der Waals surface area (Å²) < 4.78 is 12.1. The lowest BCUT2D eigenvalue weighted by molar-refractivity contribution is 0.123. The van der Waals surface area contributed by atoms with Gasteiger partial charge in [-0.1, -0.05) is 25.7 Å². The molecule has 0 radical (unpaired) electrons. The van der Waals surface area contributed by atoms with Gasteiger partial charge in [0.15, 0.2) is 0 Å². The van der Waals surface area contributed by atoms with Crippen molar-refractivity contribution in [3.63, 3.8) is 0 Å². The molecule has 0 saturated heterocycles. The molecule has 0 bridgehead atoms. The second kappa shape index (κ2) is 5.65. The maximum Gasteiger partial charge on any atom is 0.337 e. The van der Waals surface area contributed by atoms with Gasteiger partial charge in [-0.2, -0.15) is 0 Å². The molecular weight excluding hydrogens is 216 g/mol. The van der Waals surface area contributed by atoms with Crippen LogP contribution in [0.15, 0.2) is 0 Å². The van der Waals surface area contributed by atoms with Crippen LogP contribution in [-0.2, 0) is 8.85 Å². The van der Waals surface area contributed by atoms with Gasteiger partial charge in [-0.3, -0.25) is 0 Å². The van der Waals surface area contributed by atoms with Crippen LogP contribution in [-0.4, -0.2) is 22.3 Å². The number of hydrogen-bond acceptors (Lipinski definition) is 2. The fraction of sp³-hybridized carbons (Fsp3) is 1.00. The summed E-state index contributed by atoms with van der Waals surface area (Å²) in [4.78, 5) is 0. The zero-order valence-corrected chi connectivity index (χ0v) is 11.8. The zero-order chi connectivity index (χ0) is 11.4. The van der Waals surface area contributed by atoms with Crippen molar-refractivity contribution in [1.82, 2.24) is 0 Å². The Labute approximate surface area is 101 Å². The molecule has 2 aliphatic rings. The van der Waals surface area contributed by atoms with Crippen LogP contribution in [0.3, 0.4) is 0 Å². The molecule has 2 saturated carbocycles. The fourth-order valence-electron chi connectivity index (χ4n) is 2.91. The van der Waals surface area contributed by atoms with E-state index in [-0.39, 0.29) is 0 Å². The molecule has 0 aliphatic heterocycles. The minimum atomic E-state index is -1.87. The third kappa shape index (κ3) is 2.87. The highest BCUT2D eigenvalue weighted by Crippen LogP contribution is 2.38. The standard InChI is InChI=1S/C13H26O2Si/c1-14-16(2,13-9-4-3-5-10-13)15-11-12-7-6-8-12/h12-13H,3-11H2,1-2H3. The van der Waals surface area contributed by atoms with E-state index in [0.29, 0.717) is 0 Å². The molecule has 2 nitrogen and oxygen atoms in total. The second-order valence-electron chi connectivity index (χ2n) is 5.66. The van der Waals surface area contributed by atoms with Gasteiger partial charge in [0, 0.05) is 19.3 Å². The van der Waals surface area contributed by atoms with Gasteiger partial charge >= 0.3 is 8.56 Å². The van der Waals surface area contributed by atoms with Crippen molar-refractivity contribution >= 4 is 8.56 Å².